The maximum atomic E-state index is 10.5. The molecule has 0 radical (unpaired) electrons. The molecule has 0 aliphatic rings. The maximum absolute atomic E-state index is 10.5. The number of aromatic nitrogens is 5. The van der Waals surface area contributed by atoms with Crippen molar-refractivity contribution < 1.29 is 9.90 Å². The highest BCUT2D eigenvalue weighted by Gasteiger charge is 2.09. The molecule has 70 valence electrons. The molecule has 0 saturated heterocycles. The predicted molar refractivity (Wildman–Crippen MR) is 44.4 cm³/mol. The Balaban J connectivity index is 2.39. The van der Waals surface area contributed by atoms with Gasteiger partial charge in [-0.2, -0.15) is 5.10 Å². The van der Waals surface area contributed by atoms with Gasteiger partial charge in [0.1, 0.15) is 23.4 Å². The molecule has 2 heterocycles. The lowest BCUT2D eigenvalue weighted by molar-refractivity contribution is 0.0690. The van der Waals surface area contributed by atoms with E-state index in [-0.39, 0.29) is 5.69 Å². The zero-order valence-electron chi connectivity index (χ0n) is 6.88. The van der Waals surface area contributed by atoms with Crippen molar-refractivity contribution in [2.45, 2.75) is 0 Å². The maximum Gasteiger partial charge on any atom is 0.353 e. The van der Waals surface area contributed by atoms with E-state index in [1.54, 1.807) is 0 Å². The molecule has 0 spiro atoms. The Hall–Kier alpha value is -2.31. The summed E-state index contributed by atoms with van der Waals surface area (Å²) >= 11 is 0. The van der Waals surface area contributed by atoms with Crippen LogP contribution in [-0.4, -0.2) is 36.5 Å². The minimum absolute atomic E-state index is 0.00523. The number of aromatic amines is 1. The molecule has 14 heavy (non-hydrogen) atoms. The van der Waals surface area contributed by atoms with Gasteiger partial charge >= 0.3 is 5.97 Å². The first kappa shape index (κ1) is 8.30. The summed E-state index contributed by atoms with van der Waals surface area (Å²) in [5, 5.41) is 22.0. The van der Waals surface area contributed by atoms with Gasteiger partial charge in [-0.1, -0.05) is 0 Å². The molecule has 0 atom stereocenters. The number of hydrogen-bond acceptors (Lipinski definition) is 5. The summed E-state index contributed by atoms with van der Waals surface area (Å²) in [6, 6.07) is 1.37. The fraction of sp³-hybridized carbons (Fsp3) is 0. The first-order valence-corrected chi connectivity index (χ1v) is 3.69. The Labute approximate surface area is 77.8 Å². The zero-order valence-corrected chi connectivity index (χ0v) is 6.88. The van der Waals surface area contributed by atoms with Crippen LogP contribution in [0, 0.1) is 0 Å². The van der Waals surface area contributed by atoms with Crippen LogP contribution in [0.1, 0.15) is 10.5 Å². The molecule has 0 aliphatic heterocycles. The van der Waals surface area contributed by atoms with Gasteiger partial charge in [-0.3, -0.25) is 5.10 Å². The van der Waals surface area contributed by atoms with Crippen LogP contribution in [0.15, 0.2) is 18.6 Å². The SMILES string of the molecule is O=C(O)c1cc(-c2cncnn2)n[nH]1. The fourth-order valence-corrected chi connectivity index (χ4v) is 0.927. The summed E-state index contributed by atoms with van der Waals surface area (Å²) in [6.45, 7) is 0. The molecule has 0 unspecified atom stereocenters. The van der Waals surface area contributed by atoms with Crippen LogP contribution >= 0.6 is 0 Å². The van der Waals surface area contributed by atoms with Crippen molar-refractivity contribution in [1.82, 2.24) is 25.4 Å². The van der Waals surface area contributed by atoms with Crippen LogP contribution in [0.2, 0.25) is 0 Å². The summed E-state index contributed by atoms with van der Waals surface area (Å²) in [5.74, 6) is -1.07. The van der Waals surface area contributed by atoms with Gasteiger partial charge in [-0.05, 0) is 0 Å². The predicted octanol–water partition coefficient (Wildman–Crippen LogP) is -0.0401. The molecule has 7 heteroatoms. The van der Waals surface area contributed by atoms with Gasteiger partial charge in [-0.15, -0.1) is 10.2 Å². The molecule has 0 aromatic carbocycles. The first-order valence-electron chi connectivity index (χ1n) is 3.69. The smallest absolute Gasteiger partial charge is 0.353 e. The molecule has 2 N–H and O–H groups in total. The van der Waals surface area contributed by atoms with E-state index in [0.29, 0.717) is 11.4 Å². The zero-order chi connectivity index (χ0) is 9.97. The van der Waals surface area contributed by atoms with E-state index in [2.05, 4.69) is 25.4 Å². The lowest BCUT2D eigenvalue weighted by atomic mass is 10.3. The first-order chi connectivity index (χ1) is 6.77. The van der Waals surface area contributed by atoms with E-state index in [4.69, 9.17) is 5.11 Å². The third-order valence-electron chi connectivity index (χ3n) is 1.55. The number of carboxylic acids is 1. The van der Waals surface area contributed by atoms with E-state index >= 15 is 0 Å². The van der Waals surface area contributed by atoms with Crippen molar-refractivity contribution in [3.63, 3.8) is 0 Å². The van der Waals surface area contributed by atoms with Gasteiger partial charge in [0.05, 0.1) is 6.20 Å². The second kappa shape index (κ2) is 3.21. The van der Waals surface area contributed by atoms with Crippen molar-refractivity contribution in [2.75, 3.05) is 0 Å². The number of aromatic carboxylic acids is 1. The van der Waals surface area contributed by atoms with Gasteiger partial charge < -0.3 is 5.11 Å². The van der Waals surface area contributed by atoms with Crippen molar-refractivity contribution >= 4 is 5.97 Å². The standard InChI is InChI=1S/C7H5N5O2/c13-7(14)5-1-4(11-12-5)6-2-8-3-9-10-6/h1-3H,(H,11,12)(H,13,14). The monoisotopic (exact) mass is 191 g/mol. The lowest BCUT2D eigenvalue weighted by Crippen LogP contribution is -1.95. The van der Waals surface area contributed by atoms with Gasteiger partial charge in [0.25, 0.3) is 0 Å². The Morgan fingerprint density at radius 1 is 1.43 bits per heavy atom. The molecule has 7 nitrogen and oxygen atoms in total. The van der Waals surface area contributed by atoms with Gasteiger partial charge in [0.15, 0.2) is 0 Å². The molecule has 2 aromatic rings. The number of nitrogens with one attached hydrogen (secondary N) is 1. The Kier molecular flexibility index (Phi) is 1.90. The minimum atomic E-state index is -1.07. The molecule has 0 amide bonds. The number of nitrogens with zero attached hydrogens (tertiary/aromatic N) is 4. The average molecular weight is 191 g/mol. The normalized spacial score (nSPS) is 10.0. The quantitative estimate of drug-likeness (QED) is 0.690. The highest BCUT2D eigenvalue weighted by atomic mass is 16.4. The second-order valence-corrected chi connectivity index (χ2v) is 2.47. The van der Waals surface area contributed by atoms with Crippen molar-refractivity contribution in [3.05, 3.63) is 24.3 Å². The number of H-pyrrole nitrogens is 1. The van der Waals surface area contributed by atoms with E-state index in [1.807, 2.05) is 0 Å². The highest BCUT2D eigenvalue weighted by Crippen LogP contribution is 2.12. The Morgan fingerprint density at radius 3 is 2.86 bits per heavy atom. The van der Waals surface area contributed by atoms with Crippen molar-refractivity contribution in [1.29, 1.82) is 0 Å². The summed E-state index contributed by atoms with van der Waals surface area (Å²) in [7, 11) is 0. The molecular formula is C7H5N5O2. The summed E-state index contributed by atoms with van der Waals surface area (Å²) in [5.41, 5.74) is 0.838. The third-order valence-corrected chi connectivity index (χ3v) is 1.55. The van der Waals surface area contributed by atoms with Crippen LogP contribution in [0.5, 0.6) is 0 Å². The van der Waals surface area contributed by atoms with E-state index in [9.17, 15) is 4.79 Å². The number of hydrogen-bond donors (Lipinski definition) is 2. The van der Waals surface area contributed by atoms with E-state index in [0.717, 1.165) is 0 Å². The number of carbonyl (C=O) groups is 1. The summed E-state index contributed by atoms with van der Waals surface area (Å²) < 4.78 is 0. The molecule has 0 saturated carbocycles. The molecule has 0 aliphatic carbocycles. The van der Waals surface area contributed by atoms with E-state index in [1.165, 1.54) is 18.6 Å². The van der Waals surface area contributed by atoms with Crippen LogP contribution < -0.4 is 0 Å². The molecule has 0 fully saturated rings. The lowest BCUT2D eigenvalue weighted by Gasteiger charge is -1.89. The van der Waals surface area contributed by atoms with Crippen LogP contribution in [0.4, 0.5) is 0 Å². The van der Waals surface area contributed by atoms with Crippen LogP contribution in [-0.2, 0) is 0 Å². The number of rotatable bonds is 2. The van der Waals surface area contributed by atoms with Crippen LogP contribution in [0.3, 0.4) is 0 Å². The van der Waals surface area contributed by atoms with Gasteiger partial charge in [0.2, 0.25) is 0 Å². The van der Waals surface area contributed by atoms with Crippen molar-refractivity contribution in [2.24, 2.45) is 0 Å². The third kappa shape index (κ3) is 1.42. The average Bonchev–Trinajstić information content (AvgIpc) is 2.68. The highest BCUT2D eigenvalue weighted by molar-refractivity contribution is 5.86. The number of carboxylic acid groups (broad SMARTS) is 1. The molecule has 0 bridgehead atoms. The molecule has 2 rings (SSSR count). The largest absolute Gasteiger partial charge is 0.477 e. The second-order valence-electron chi connectivity index (χ2n) is 2.47. The summed E-state index contributed by atoms with van der Waals surface area (Å²) in [4.78, 5) is 14.3. The van der Waals surface area contributed by atoms with Gasteiger partial charge in [-0.25, -0.2) is 9.78 Å². The Bertz CT molecular complexity index is 452. The van der Waals surface area contributed by atoms with Crippen molar-refractivity contribution in [3.8, 4) is 11.4 Å². The molecular weight excluding hydrogens is 186 g/mol. The molecule has 2 aromatic heterocycles. The van der Waals surface area contributed by atoms with Crippen LogP contribution in [0.25, 0.3) is 11.4 Å². The summed E-state index contributed by atoms with van der Waals surface area (Å²) in [6.07, 6.45) is 2.74. The van der Waals surface area contributed by atoms with E-state index < -0.39 is 5.97 Å². The Morgan fingerprint density at radius 2 is 2.29 bits per heavy atom. The topological polar surface area (TPSA) is 105 Å². The van der Waals surface area contributed by atoms with Gasteiger partial charge in [0, 0.05) is 6.07 Å². The minimum Gasteiger partial charge on any atom is -0.477 e. The fourth-order valence-electron chi connectivity index (χ4n) is 0.927.